The molecule has 7 heteroatoms. The number of hydrogen-bond donors (Lipinski definition) is 3. The van der Waals surface area contributed by atoms with Gasteiger partial charge in [0, 0.05) is 12.6 Å². The van der Waals surface area contributed by atoms with Gasteiger partial charge in [0.15, 0.2) is 0 Å². The average molecular weight is 346 g/mol. The summed E-state index contributed by atoms with van der Waals surface area (Å²) >= 11 is 0. The lowest BCUT2D eigenvalue weighted by molar-refractivity contribution is -0.126. The van der Waals surface area contributed by atoms with Crippen LogP contribution in [0.25, 0.3) is 0 Å². The van der Waals surface area contributed by atoms with Gasteiger partial charge in [-0.3, -0.25) is 9.59 Å². The van der Waals surface area contributed by atoms with E-state index in [1.54, 1.807) is 12.1 Å². The second-order valence-electron chi connectivity index (χ2n) is 5.23. The van der Waals surface area contributed by atoms with Crippen LogP contribution in [-0.2, 0) is 16.0 Å². The van der Waals surface area contributed by atoms with Gasteiger partial charge in [-0.15, -0.1) is 12.4 Å². The third-order valence-electron chi connectivity index (χ3n) is 3.26. The fourth-order valence-electron chi connectivity index (χ4n) is 2.05. The molecule has 0 aliphatic heterocycles. The average Bonchev–Trinajstić information content (AvgIpc) is 2.49. The first-order valence-corrected chi connectivity index (χ1v) is 7.55. The van der Waals surface area contributed by atoms with Crippen LogP contribution >= 0.6 is 12.4 Å². The number of hydrogen-bond acceptors (Lipinski definition) is 3. The molecule has 0 saturated heterocycles. The summed E-state index contributed by atoms with van der Waals surface area (Å²) in [5.74, 6) is -0.970. The van der Waals surface area contributed by atoms with Crippen LogP contribution in [0.4, 0.5) is 4.39 Å². The molecule has 0 heterocycles. The lowest BCUT2D eigenvalue weighted by Gasteiger charge is -2.16. The molecule has 0 aliphatic rings. The monoisotopic (exact) mass is 345 g/mol. The second kappa shape index (κ2) is 11.8. The summed E-state index contributed by atoms with van der Waals surface area (Å²) < 4.78 is 13.0. The van der Waals surface area contributed by atoms with Crippen LogP contribution < -0.4 is 16.4 Å². The van der Waals surface area contributed by atoms with Crippen molar-refractivity contribution in [3.05, 3.63) is 35.6 Å². The predicted molar refractivity (Wildman–Crippen MR) is 90.9 cm³/mol. The van der Waals surface area contributed by atoms with Crippen LogP contribution in [0.1, 0.15) is 31.7 Å². The molecule has 4 N–H and O–H groups in total. The number of carbonyl (C=O) groups excluding carboxylic acids is 2. The minimum absolute atomic E-state index is 0. The highest BCUT2D eigenvalue weighted by molar-refractivity contribution is 5.86. The number of rotatable bonds is 9. The maximum absolute atomic E-state index is 13.0. The maximum atomic E-state index is 13.0. The molecule has 130 valence electrons. The van der Waals surface area contributed by atoms with E-state index in [0.717, 1.165) is 19.3 Å². The Hall–Kier alpha value is -1.66. The Labute approximate surface area is 142 Å². The van der Waals surface area contributed by atoms with Crippen molar-refractivity contribution in [2.75, 3.05) is 13.1 Å². The molecule has 0 saturated carbocycles. The largest absolute Gasteiger partial charge is 0.351 e. The van der Waals surface area contributed by atoms with Gasteiger partial charge in [0.2, 0.25) is 11.8 Å². The van der Waals surface area contributed by atoms with Crippen molar-refractivity contribution in [3.8, 4) is 0 Å². The van der Waals surface area contributed by atoms with Gasteiger partial charge in [-0.25, -0.2) is 4.39 Å². The van der Waals surface area contributed by atoms with Crippen LogP contribution in [0.3, 0.4) is 0 Å². The topological polar surface area (TPSA) is 84.2 Å². The van der Waals surface area contributed by atoms with Crippen LogP contribution in [0.15, 0.2) is 24.3 Å². The van der Waals surface area contributed by atoms with E-state index in [9.17, 15) is 14.0 Å². The molecule has 1 aromatic rings. The Balaban J connectivity index is 0.00000484. The van der Waals surface area contributed by atoms with Crippen molar-refractivity contribution >= 4 is 24.2 Å². The minimum Gasteiger partial charge on any atom is -0.351 e. The van der Waals surface area contributed by atoms with E-state index < -0.39 is 0 Å². The predicted octanol–water partition coefficient (Wildman–Crippen LogP) is 1.54. The van der Waals surface area contributed by atoms with Crippen LogP contribution in [0.2, 0.25) is 0 Å². The number of benzene rings is 1. The smallest absolute Gasteiger partial charge is 0.239 e. The van der Waals surface area contributed by atoms with Gasteiger partial charge in [-0.05, 0) is 24.1 Å². The van der Waals surface area contributed by atoms with Gasteiger partial charge in [0.05, 0.1) is 13.0 Å². The Kier molecular flexibility index (Phi) is 11.0. The van der Waals surface area contributed by atoms with E-state index in [2.05, 4.69) is 17.6 Å². The lowest BCUT2D eigenvalue weighted by Crippen LogP contribution is -2.45. The summed E-state index contributed by atoms with van der Waals surface area (Å²) in [6, 6.07) is 5.77. The van der Waals surface area contributed by atoms with Crippen molar-refractivity contribution in [1.29, 1.82) is 0 Å². The number of unbranched alkanes of at least 4 members (excludes halogenated alkanes) is 1. The molecule has 2 amide bonds. The summed E-state index contributed by atoms with van der Waals surface area (Å²) in [6.45, 7) is 2.35. The van der Waals surface area contributed by atoms with Crippen molar-refractivity contribution in [1.82, 2.24) is 10.6 Å². The zero-order chi connectivity index (χ0) is 16.4. The quantitative estimate of drug-likeness (QED) is 0.634. The number of halogens is 2. The third kappa shape index (κ3) is 9.15. The molecular formula is C16H25ClFN3O2. The molecule has 1 atom stereocenters. The molecule has 1 aromatic carbocycles. The number of nitrogens with one attached hydrogen (secondary N) is 2. The van der Waals surface area contributed by atoms with E-state index >= 15 is 0 Å². The molecule has 0 fully saturated rings. The summed E-state index contributed by atoms with van der Waals surface area (Å²) in [5.41, 5.74) is 6.17. The molecule has 0 spiro atoms. The zero-order valence-corrected chi connectivity index (χ0v) is 14.1. The maximum Gasteiger partial charge on any atom is 0.239 e. The fourth-order valence-corrected chi connectivity index (χ4v) is 2.05. The van der Waals surface area contributed by atoms with E-state index in [1.165, 1.54) is 12.1 Å². The molecule has 1 unspecified atom stereocenters. The minimum atomic E-state index is -0.384. The number of nitrogens with two attached hydrogens (primary N) is 1. The van der Waals surface area contributed by atoms with Crippen molar-refractivity contribution in [2.45, 2.75) is 38.6 Å². The van der Waals surface area contributed by atoms with E-state index in [1.807, 2.05) is 0 Å². The van der Waals surface area contributed by atoms with Gasteiger partial charge in [-0.2, -0.15) is 0 Å². The molecule has 23 heavy (non-hydrogen) atoms. The SMILES string of the molecule is CCCCC(CN)NC(=O)CNC(=O)Cc1cccc(F)c1.Cl. The Morgan fingerprint density at radius 1 is 1.30 bits per heavy atom. The summed E-state index contributed by atoms with van der Waals surface area (Å²) in [4.78, 5) is 23.5. The summed E-state index contributed by atoms with van der Waals surface area (Å²) in [7, 11) is 0. The van der Waals surface area contributed by atoms with Gasteiger partial charge < -0.3 is 16.4 Å². The highest BCUT2D eigenvalue weighted by Gasteiger charge is 2.11. The first-order valence-electron chi connectivity index (χ1n) is 7.55. The summed E-state index contributed by atoms with van der Waals surface area (Å²) in [6.07, 6.45) is 2.90. The number of amides is 2. The first kappa shape index (κ1) is 21.3. The standard InChI is InChI=1S/C16H24FN3O2.ClH/c1-2-3-7-14(10-18)20-16(22)11-19-15(21)9-12-5-4-6-13(17)8-12;/h4-6,8,14H,2-3,7,9-11,18H2,1H3,(H,19,21)(H,20,22);1H. The van der Waals surface area contributed by atoms with Gasteiger partial charge in [-0.1, -0.05) is 31.9 Å². The van der Waals surface area contributed by atoms with E-state index in [0.29, 0.717) is 12.1 Å². The normalized spacial score (nSPS) is 11.3. The van der Waals surface area contributed by atoms with Crippen molar-refractivity contribution in [2.24, 2.45) is 5.73 Å². The lowest BCUT2D eigenvalue weighted by atomic mass is 10.1. The molecular weight excluding hydrogens is 321 g/mol. The van der Waals surface area contributed by atoms with Gasteiger partial charge in [0.1, 0.15) is 5.82 Å². The Morgan fingerprint density at radius 2 is 2.04 bits per heavy atom. The van der Waals surface area contributed by atoms with E-state index in [4.69, 9.17) is 5.73 Å². The molecule has 0 bridgehead atoms. The fraction of sp³-hybridized carbons (Fsp3) is 0.500. The molecule has 1 rings (SSSR count). The van der Waals surface area contributed by atoms with Crippen LogP contribution in [-0.4, -0.2) is 30.9 Å². The highest BCUT2D eigenvalue weighted by atomic mass is 35.5. The third-order valence-corrected chi connectivity index (χ3v) is 3.26. The van der Waals surface area contributed by atoms with Crippen molar-refractivity contribution < 1.29 is 14.0 Å². The summed E-state index contributed by atoms with van der Waals surface area (Å²) in [5, 5.41) is 5.31. The second-order valence-corrected chi connectivity index (χ2v) is 5.23. The highest BCUT2D eigenvalue weighted by Crippen LogP contribution is 2.04. The van der Waals surface area contributed by atoms with Crippen LogP contribution in [0.5, 0.6) is 0 Å². The molecule has 5 nitrogen and oxygen atoms in total. The zero-order valence-electron chi connectivity index (χ0n) is 13.3. The first-order chi connectivity index (χ1) is 10.5. The molecule has 0 aromatic heterocycles. The van der Waals surface area contributed by atoms with Gasteiger partial charge >= 0.3 is 0 Å². The van der Waals surface area contributed by atoms with Crippen molar-refractivity contribution in [3.63, 3.8) is 0 Å². The molecule has 0 aliphatic carbocycles. The van der Waals surface area contributed by atoms with E-state index in [-0.39, 0.29) is 49.0 Å². The molecule has 0 radical (unpaired) electrons. The Bertz CT molecular complexity index is 500. The van der Waals surface area contributed by atoms with Crippen LogP contribution in [0, 0.1) is 5.82 Å². The Morgan fingerprint density at radius 3 is 2.65 bits per heavy atom. The van der Waals surface area contributed by atoms with Gasteiger partial charge in [0.25, 0.3) is 0 Å². The number of carbonyl (C=O) groups is 2.